The molecule has 0 radical (unpaired) electrons. The van der Waals surface area contributed by atoms with Crippen LogP contribution < -0.4 is 0 Å². The van der Waals surface area contributed by atoms with Crippen LogP contribution in [0.25, 0.3) is 11.3 Å². The van der Waals surface area contributed by atoms with Crippen LogP contribution in [0.1, 0.15) is 5.69 Å². The van der Waals surface area contributed by atoms with Crippen molar-refractivity contribution < 1.29 is 4.74 Å². The first kappa shape index (κ1) is 14.6. The molecule has 0 N–H and O–H groups in total. The monoisotopic (exact) mass is 351 g/mol. The van der Waals surface area contributed by atoms with Gasteiger partial charge in [0.1, 0.15) is 4.60 Å². The van der Waals surface area contributed by atoms with Crippen molar-refractivity contribution in [1.29, 1.82) is 0 Å². The predicted octanol–water partition coefficient (Wildman–Crippen LogP) is 1.74. The van der Waals surface area contributed by atoms with Crippen LogP contribution in [-0.4, -0.2) is 57.5 Å². The Bertz CT molecular complexity index is 609. The molecule has 0 amide bonds. The number of morpholine rings is 1. The van der Waals surface area contributed by atoms with Gasteiger partial charge in [0.2, 0.25) is 0 Å². The van der Waals surface area contributed by atoms with Crippen molar-refractivity contribution in [2.75, 3.05) is 32.8 Å². The molecule has 2 aromatic heterocycles. The summed E-state index contributed by atoms with van der Waals surface area (Å²) in [6.45, 7) is 7.62. The van der Waals surface area contributed by atoms with Crippen LogP contribution in [0.5, 0.6) is 0 Å². The smallest absolute Gasteiger partial charge is 0.125 e. The summed E-state index contributed by atoms with van der Waals surface area (Å²) >= 11 is 3.35. The Morgan fingerprint density at radius 3 is 2.76 bits per heavy atom. The largest absolute Gasteiger partial charge is 0.379 e. The lowest BCUT2D eigenvalue weighted by molar-refractivity contribution is 0.0359. The number of aromatic nitrogens is 4. The summed E-state index contributed by atoms with van der Waals surface area (Å²) in [6, 6.07) is 0. The van der Waals surface area contributed by atoms with Crippen LogP contribution in [0.2, 0.25) is 0 Å². The van der Waals surface area contributed by atoms with Gasteiger partial charge in [-0.05, 0) is 22.9 Å². The summed E-state index contributed by atoms with van der Waals surface area (Å²) in [7, 11) is 0. The Labute approximate surface area is 132 Å². The fourth-order valence-electron chi connectivity index (χ4n) is 2.46. The molecule has 0 atom stereocenters. The van der Waals surface area contributed by atoms with E-state index in [1.54, 1.807) is 12.4 Å². The third kappa shape index (κ3) is 3.48. The van der Waals surface area contributed by atoms with E-state index in [0.29, 0.717) is 0 Å². The molecule has 3 rings (SSSR count). The van der Waals surface area contributed by atoms with Crippen molar-refractivity contribution in [3.63, 3.8) is 0 Å². The van der Waals surface area contributed by atoms with Crippen LogP contribution in [0.3, 0.4) is 0 Å². The third-order valence-corrected chi connectivity index (χ3v) is 4.10. The normalized spacial score (nSPS) is 16.3. The van der Waals surface area contributed by atoms with Gasteiger partial charge in [-0.25, -0.2) is 4.98 Å². The maximum atomic E-state index is 5.36. The fourth-order valence-corrected chi connectivity index (χ4v) is 2.77. The lowest BCUT2D eigenvalue weighted by Gasteiger charge is -2.26. The molecule has 0 saturated carbocycles. The van der Waals surface area contributed by atoms with Gasteiger partial charge in [-0.3, -0.25) is 14.6 Å². The van der Waals surface area contributed by atoms with Gasteiger partial charge in [0.25, 0.3) is 0 Å². The number of rotatable bonds is 4. The van der Waals surface area contributed by atoms with Gasteiger partial charge in [-0.1, -0.05) is 0 Å². The lowest BCUT2D eigenvalue weighted by Crippen LogP contribution is -2.38. The summed E-state index contributed by atoms with van der Waals surface area (Å²) in [5.74, 6) is 0. The molecule has 112 valence electrons. The number of hydrogen-bond acceptors (Lipinski definition) is 5. The first-order chi connectivity index (χ1) is 10.2. The Hall–Kier alpha value is -1.31. The summed E-state index contributed by atoms with van der Waals surface area (Å²) in [5, 5.41) is 4.48. The number of hydrogen-bond donors (Lipinski definition) is 0. The van der Waals surface area contributed by atoms with Crippen LogP contribution in [-0.2, 0) is 11.3 Å². The Morgan fingerprint density at radius 2 is 2.00 bits per heavy atom. The van der Waals surface area contributed by atoms with Crippen LogP contribution in [0.15, 0.2) is 23.2 Å². The number of ether oxygens (including phenoxy) is 1. The molecule has 0 spiro atoms. The van der Waals surface area contributed by atoms with Gasteiger partial charge in [0, 0.05) is 30.9 Å². The van der Waals surface area contributed by atoms with E-state index in [-0.39, 0.29) is 0 Å². The Kier molecular flexibility index (Phi) is 4.62. The standard InChI is InChI=1S/C14H18BrN5O/c1-11-12(13-9-16-10-14(15)18-13)8-17-20(11)3-2-19-4-6-21-7-5-19/h8-10H,2-7H2,1H3. The van der Waals surface area contributed by atoms with E-state index < -0.39 is 0 Å². The zero-order chi connectivity index (χ0) is 14.7. The molecule has 21 heavy (non-hydrogen) atoms. The van der Waals surface area contributed by atoms with Gasteiger partial charge in [-0.15, -0.1) is 0 Å². The minimum Gasteiger partial charge on any atom is -0.379 e. The van der Waals surface area contributed by atoms with Crippen molar-refractivity contribution in [1.82, 2.24) is 24.6 Å². The maximum Gasteiger partial charge on any atom is 0.125 e. The van der Waals surface area contributed by atoms with Crippen LogP contribution in [0, 0.1) is 6.92 Å². The molecule has 0 aliphatic carbocycles. The van der Waals surface area contributed by atoms with Gasteiger partial charge in [-0.2, -0.15) is 5.10 Å². The summed E-state index contributed by atoms with van der Waals surface area (Å²) in [5.41, 5.74) is 3.00. The Balaban J connectivity index is 1.70. The SMILES string of the molecule is Cc1c(-c2cncc(Br)n2)cnn1CCN1CCOCC1. The zero-order valence-corrected chi connectivity index (χ0v) is 13.6. The average molecular weight is 352 g/mol. The second kappa shape index (κ2) is 6.64. The van der Waals surface area contributed by atoms with Crippen LogP contribution in [0.4, 0.5) is 0 Å². The van der Waals surface area contributed by atoms with Gasteiger partial charge in [0.15, 0.2) is 0 Å². The maximum absolute atomic E-state index is 5.36. The zero-order valence-electron chi connectivity index (χ0n) is 12.0. The first-order valence-corrected chi connectivity index (χ1v) is 7.84. The average Bonchev–Trinajstić information content (AvgIpc) is 2.87. The third-order valence-electron chi connectivity index (χ3n) is 3.72. The molecule has 1 fully saturated rings. The highest BCUT2D eigenvalue weighted by Gasteiger charge is 2.13. The molecule has 1 saturated heterocycles. The quantitative estimate of drug-likeness (QED) is 0.839. The van der Waals surface area contributed by atoms with E-state index in [9.17, 15) is 0 Å². The highest BCUT2D eigenvalue weighted by Crippen LogP contribution is 2.21. The highest BCUT2D eigenvalue weighted by atomic mass is 79.9. The van der Waals surface area contributed by atoms with Crippen molar-refractivity contribution in [3.8, 4) is 11.3 Å². The first-order valence-electron chi connectivity index (χ1n) is 7.04. The topological polar surface area (TPSA) is 56.1 Å². The fraction of sp³-hybridized carbons (Fsp3) is 0.500. The van der Waals surface area contributed by atoms with E-state index in [0.717, 1.165) is 60.9 Å². The Morgan fingerprint density at radius 1 is 1.19 bits per heavy atom. The molecule has 0 unspecified atom stereocenters. The molecule has 0 bridgehead atoms. The molecule has 6 nitrogen and oxygen atoms in total. The van der Waals surface area contributed by atoms with E-state index in [1.807, 2.05) is 10.9 Å². The van der Waals surface area contributed by atoms with Crippen molar-refractivity contribution in [2.24, 2.45) is 0 Å². The van der Waals surface area contributed by atoms with Crippen molar-refractivity contribution >= 4 is 15.9 Å². The van der Waals surface area contributed by atoms with Gasteiger partial charge in [0.05, 0.1) is 44.0 Å². The molecule has 0 aromatic carbocycles. The van der Waals surface area contributed by atoms with Crippen molar-refractivity contribution in [2.45, 2.75) is 13.5 Å². The minimum atomic E-state index is 0.737. The second-order valence-corrected chi connectivity index (χ2v) is 5.86. The van der Waals surface area contributed by atoms with E-state index >= 15 is 0 Å². The van der Waals surface area contributed by atoms with Crippen molar-refractivity contribution in [3.05, 3.63) is 28.9 Å². The molecule has 1 aliphatic heterocycles. The molecular weight excluding hydrogens is 334 g/mol. The van der Waals surface area contributed by atoms with E-state index in [1.165, 1.54) is 0 Å². The minimum absolute atomic E-state index is 0.737. The van der Waals surface area contributed by atoms with Gasteiger partial charge < -0.3 is 4.74 Å². The van der Waals surface area contributed by atoms with Gasteiger partial charge >= 0.3 is 0 Å². The molecule has 7 heteroatoms. The number of halogens is 1. The second-order valence-electron chi connectivity index (χ2n) is 5.05. The predicted molar refractivity (Wildman–Crippen MR) is 82.9 cm³/mol. The molecule has 2 aromatic rings. The summed E-state index contributed by atoms with van der Waals surface area (Å²) in [4.78, 5) is 11.0. The highest BCUT2D eigenvalue weighted by molar-refractivity contribution is 9.10. The van der Waals surface area contributed by atoms with E-state index in [4.69, 9.17) is 4.74 Å². The molecule has 1 aliphatic rings. The van der Waals surface area contributed by atoms with Crippen LogP contribution >= 0.6 is 15.9 Å². The number of nitrogens with zero attached hydrogens (tertiary/aromatic N) is 5. The summed E-state index contributed by atoms with van der Waals surface area (Å²) < 4.78 is 8.14. The van der Waals surface area contributed by atoms with E-state index in [2.05, 4.69) is 42.8 Å². The molecule has 3 heterocycles. The summed E-state index contributed by atoms with van der Waals surface area (Å²) in [6.07, 6.45) is 5.31. The lowest BCUT2D eigenvalue weighted by atomic mass is 10.2. The molecular formula is C14H18BrN5O.